The van der Waals surface area contributed by atoms with Crippen molar-refractivity contribution < 1.29 is 5.11 Å². The SMILES string of the molecule is CN(C)C1(c2ccccc2)CCC2(CC1)CN(c1cnc(-c3cccnc3)nc1)C(O)N2. The minimum Gasteiger partial charge on any atom is -0.361 e. The zero-order valence-corrected chi connectivity index (χ0v) is 18.6. The Labute approximate surface area is 189 Å². The molecule has 0 amide bonds. The molecule has 2 fully saturated rings. The number of hydrogen-bond acceptors (Lipinski definition) is 7. The van der Waals surface area contributed by atoms with Crippen LogP contribution in [-0.2, 0) is 5.54 Å². The van der Waals surface area contributed by atoms with Gasteiger partial charge in [0.1, 0.15) is 0 Å². The molecule has 32 heavy (non-hydrogen) atoms. The number of aliphatic hydroxyl groups excluding tert-OH is 1. The summed E-state index contributed by atoms with van der Waals surface area (Å²) in [6, 6.07) is 14.6. The molecule has 1 aromatic carbocycles. The number of aromatic nitrogens is 3. The van der Waals surface area contributed by atoms with Gasteiger partial charge in [-0.3, -0.25) is 15.2 Å². The number of nitrogens with one attached hydrogen (secondary N) is 1. The van der Waals surface area contributed by atoms with E-state index in [0.717, 1.165) is 43.5 Å². The Bertz CT molecular complexity index is 1030. The summed E-state index contributed by atoms with van der Waals surface area (Å²) in [7, 11) is 4.35. The second-order valence-electron chi connectivity index (χ2n) is 9.22. The maximum atomic E-state index is 10.8. The molecular formula is C25H30N6O. The molecule has 2 aliphatic rings. The highest BCUT2D eigenvalue weighted by atomic mass is 16.3. The zero-order valence-electron chi connectivity index (χ0n) is 18.6. The molecule has 7 heteroatoms. The molecular weight excluding hydrogens is 400 g/mol. The van der Waals surface area contributed by atoms with Crippen LogP contribution in [0.15, 0.2) is 67.3 Å². The van der Waals surface area contributed by atoms with Crippen molar-refractivity contribution in [3.8, 4) is 11.4 Å². The molecule has 166 valence electrons. The molecule has 1 spiro atoms. The van der Waals surface area contributed by atoms with E-state index < -0.39 is 6.35 Å². The van der Waals surface area contributed by atoms with Gasteiger partial charge in [-0.05, 0) is 57.5 Å². The molecule has 0 bridgehead atoms. The summed E-state index contributed by atoms with van der Waals surface area (Å²) in [5, 5.41) is 14.3. The van der Waals surface area contributed by atoms with E-state index in [1.807, 2.05) is 17.0 Å². The maximum absolute atomic E-state index is 10.8. The number of aliphatic hydroxyl groups is 1. The van der Waals surface area contributed by atoms with Gasteiger partial charge in [-0.1, -0.05) is 30.3 Å². The molecule has 5 rings (SSSR count). The van der Waals surface area contributed by atoms with Crippen LogP contribution in [0.5, 0.6) is 0 Å². The lowest BCUT2D eigenvalue weighted by Crippen LogP contribution is -2.54. The number of rotatable bonds is 4. The van der Waals surface area contributed by atoms with Crippen molar-refractivity contribution in [2.24, 2.45) is 0 Å². The fourth-order valence-corrected chi connectivity index (χ4v) is 5.34. The Morgan fingerprint density at radius 2 is 1.69 bits per heavy atom. The first-order chi connectivity index (χ1) is 15.5. The molecule has 2 aromatic heterocycles. The topological polar surface area (TPSA) is 77.4 Å². The summed E-state index contributed by atoms with van der Waals surface area (Å²) in [6.07, 6.45) is 10.4. The zero-order chi connectivity index (χ0) is 22.2. The minimum atomic E-state index is -0.744. The van der Waals surface area contributed by atoms with E-state index in [1.54, 1.807) is 24.8 Å². The van der Waals surface area contributed by atoms with Gasteiger partial charge in [0, 0.05) is 35.6 Å². The predicted molar refractivity (Wildman–Crippen MR) is 125 cm³/mol. The minimum absolute atomic E-state index is 0.0288. The number of hydrogen-bond donors (Lipinski definition) is 2. The van der Waals surface area contributed by atoms with E-state index in [1.165, 1.54) is 5.56 Å². The quantitative estimate of drug-likeness (QED) is 0.659. The summed E-state index contributed by atoms with van der Waals surface area (Å²) >= 11 is 0. The second-order valence-corrected chi connectivity index (χ2v) is 9.22. The molecule has 2 N–H and O–H groups in total. The summed E-state index contributed by atoms with van der Waals surface area (Å²) in [4.78, 5) is 17.5. The first kappa shape index (κ1) is 21.0. The molecule has 3 heterocycles. The molecule has 1 unspecified atom stereocenters. The highest BCUT2D eigenvalue weighted by molar-refractivity contribution is 5.55. The first-order valence-electron chi connectivity index (χ1n) is 11.2. The number of benzene rings is 1. The summed E-state index contributed by atoms with van der Waals surface area (Å²) in [5.74, 6) is 0.634. The van der Waals surface area contributed by atoms with Gasteiger partial charge in [-0.25, -0.2) is 9.97 Å². The van der Waals surface area contributed by atoms with Gasteiger partial charge < -0.3 is 10.0 Å². The van der Waals surface area contributed by atoms with Gasteiger partial charge >= 0.3 is 0 Å². The van der Waals surface area contributed by atoms with Crippen molar-refractivity contribution in [2.45, 2.75) is 43.1 Å². The van der Waals surface area contributed by atoms with Crippen molar-refractivity contribution in [3.05, 3.63) is 72.8 Å². The molecule has 0 radical (unpaired) electrons. The monoisotopic (exact) mass is 430 g/mol. The van der Waals surface area contributed by atoms with Crippen LogP contribution >= 0.6 is 0 Å². The van der Waals surface area contributed by atoms with Crippen molar-refractivity contribution >= 4 is 5.69 Å². The predicted octanol–water partition coefficient (Wildman–Crippen LogP) is 2.99. The van der Waals surface area contributed by atoms with Crippen LogP contribution in [0.2, 0.25) is 0 Å². The van der Waals surface area contributed by atoms with E-state index in [4.69, 9.17) is 0 Å². The van der Waals surface area contributed by atoms with E-state index in [9.17, 15) is 5.11 Å². The molecule has 1 saturated heterocycles. The molecule has 1 saturated carbocycles. The lowest BCUT2D eigenvalue weighted by atomic mass is 9.69. The van der Waals surface area contributed by atoms with Crippen LogP contribution in [0, 0.1) is 0 Å². The van der Waals surface area contributed by atoms with Crippen LogP contribution in [0.3, 0.4) is 0 Å². The number of anilines is 1. The van der Waals surface area contributed by atoms with Gasteiger partial charge in [0.2, 0.25) is 0 Å². The Balaban J connectivity index is 1.32. The smallest absolute Gasteiger partial charge is 0.184 e. The van der Waals surface area contributed by atoms with Crippen LogP contribution in [-0.4, -0.2) is 57.5 Å². The fraction of sp³-hybridized carbons (Fsp3) is 0.400. The molecule has 7 nitrogen and oxygen atoms in total. The van der Waals surface area contributed by atoms with Crippen LogP contribution in [0.1, 0.15) is 31.2 Å². The summed E-state index contributed by atoms with van der Waals surface area (Å²) < 4.78 is 0. The molecule has 1 atom stereocenters. The highest BCUT2D eigenvalue weighted by Crippen LogP contribution is 2.46. The normalized spacial score (nSPS) is 27.9. The summed E-state index contributed by atoms with van der Waals surface area (Å²) in [5.41, 5.74) is 2.98. The molecule has 3 aromatic rings. The largest absolute Gasteiger partial charge is 0.361 e. The van der Waals surface area contributed by atoms with Gasteiger partial charge in [0.05, 0.1) is 18.1 Å². The van der Waals surface area contributed by atoms with Crippen LogP contribution in [0.4, 0.5) is 5.69 Å². The average molecular weight is 431 g/mol. The Morgan fingerprint density at radius 3 is 2.31 bits per heavy atom. The maximum Gasteiger partial charge on any atom is 0.184 e. The third kappa shape index (κ3) is 3.66. The fourth-order valence-electron chi connectivity index (χ4n) is 5.34. The van der Waals surface area contributed by atoms with E-state index in [0.29, 0.717) is 5.82 Å². The van der Waals surface area contributed by atoms with Crippen molar-refractivity contribution in [1.29, 1.82) is 0 Å². The average Bonchev–Trinajstić information content (AvgIpc) is 3.16. The Morgan fingerprint density at radius 1 is 0.969 bits per heavy atom. The van der Waals surface area contributed by atoms with Crippen molar-refractivity contribution in [1.82, 2.24) is 25.2 Å². The van der Waals surface area contributed by atoms with Gasteiger partial charge in [-0.15, -0.1) is 0 Å². The Hall–Kier alpha value is -2.87. The van der Waals surface area contributed by atoms with Crippen LogP contribution < -0.4 is 10.2 Å². The summed E-state index contributed by atoms with van der Waals surface area (Å²) in [6.45, 7) is 0.738. The van der Waals surface area contributed by atoms with Gasteiger partial charge in [0.15, 0.2) is 12.2 Å². The Kier molecular flexibility index (Phi) is 5.41. The molecule has 1 aliphatic carbocycles. The third-order valence-electron chi connectivity index (χ3n) is 7.29. The third-order valence-corrected chi connectivity index (χ3v) is 7.29. The number of nitrogens with zero attached hydrogens (tertiary/aromatic N) is 5. The lowest BCUT2D eigenvalue weighted by molar-refractivity contribution is 0.0513. The first-order valence-corrected chi connectivity index (χ1v) is 11.2. The highest BCUT2D eigenvalue weighted by Gasteiger charge is 2.50. The van der Waals surface area contributed by atoms with Gasteiger partial charge in [-0.2, -0.15) is 0 Å². The van der Waals surface area contributed by atoms with E-state index in [-0.39, 0.29) is 11.1 Å². The lowest BCUT2D eigenvalue weighted by Gasteiger charge is -2.49. The standard InChI is InChI=1S/C25H30N6O/c1-30(2)25(20-8-4-3-5-9-20)12-10-24(11-13-25)18-31(23(32)29-24)21-16-27-22(28-17-21)19-7-6-14-26-15-19/h3-9,14-17,23,29,32H,10-13,18H2,1-2H3. The second kappa shape index (κ2) is 8.24. The van der Waals surface area contributed by atoms with Crippen molar-refractivity contribution in [2.75, 3.05) is 25.5 Å². The number of pyridine rings is 1. The van der Waals surface area contributed by atoms with Gasteiger partial charge in [0.25, 0.3) is 0 Å². The van der Waals surface area contributed by atoms with Crippen LogP contribution in [0.25, 0.3) is 11.4 Å². The van der Waals surface area contributed by atoms with Crippen molar-refractivity contribution in [3.63, 3.8) is 0 Å². The molecule has 1 aliphatic heterocycles. The van der Waals surface area contributed by atoms with E-state index in [2.05, 4.69) is 69.6 Å². The van der Waals surface area contributed by atoms with E-state index >= 15 is 0 Å².